The first-order chi connectivity index (χ1) is 15.8. The molecule has 0 saturated carbocycles. The summed E-state index contributed by atoms with van der Waals surface area (Å²) in [6.07, 6.45) is -11.1. The van der Waals surface area contributed by atoms with Crippen molar-refractivity contribution >= 4 is 29.0 Å². The van der Waals surface area contributed by atoms with E-state index >= 15 is 0 Å². The van der Waals surface area contributed by atoms with E-state index in [-0.39, 0.29) is 22.6 Å². The second-order valence-corrected chi connectivity index (χ2v) is 6.64. The van der Waals surface area contributed by atoms with Gasteiger partial charge in [0.25, 0.3) is 0 Å². The lowest BCUT2D eigenvalue weighted by molar-refractivity contribution is -0.396. The van der Waals surface area contributed by atoms with Crippen molar-refractivity contribution in [2.45, 2.75) is 26.1 Å². The van der Waals surface area contributed by atoms with Crippen LogP contribution in [0.4, 0.5) is 23.2 Å². The first kappa shape index (κ1) is 25.9. The molecule has 0 aliphatic carbocycles. The maximum absolute atomic E-state index is 14.0. The maximum Gasteiger partial charge on any atom is 0.510 e. The number of aliphatic hydroxyl groups excluding tert-OH is 1. The van der Waals surface area contributed by atoms with Crippen molar-refractivity contribution in [1.82, 2.24) is 0 Å². The lowest BCUT2D eigenvalue weighted by atomic mass is 10.00. The van der Waals surface area contributed by atoms with Crippen molar-refractivity contribution in [3.8, 4) is 0 Å². The molecule has 0 heterocycles. The van der Waals surface area contributed by atoms with Crippen LogP contribution in [0.3, 0.4) is 0 Å². The van der Waals surface area contributed by atoms with Crippen LogP contribution in [-0.4, -0.2) is 35.0 Å². The number of Topliss-reactive ketones (excluding diaryl/α,β-unsaturated/α-hetero) is 1. The lowest BCUT2D eigenvalue weighted by Crippen LogP contribution is -2.47. The van der Waals surface area contributed by atoms with Gasteiger partial charge in [-0.1, -0.05) is 29.4 Å². The van der Waals surface area contributed by atoms with Crippen LogP contribution >= 0.6 is 0 Å². The molecule has 2 aromatic carbocycles. The fourth-order valence-corrected chi connectivity index (χ4v) is 2.63. The molecule has 0 aliphatic heterocycles. The second-order valence-electron chi connectivity index (χ2n) is 6.64. The molecular formula is C21H15F4N3O6. The summed E-state index contributed by atoms with van der Waals surface area (Å²) in [6.45, 7) is 2.40. The topological polar surface area (TPSA) is 139 Å². The van der Waals surface area contributed by atoms with Crippen molar-refractivity contribution in [3.05, 3.63) is 81.4 Å². The molecule has 178 valence electrons. The minimum atomic E-state index is -5.55. The minimum absolute atomic E-state index is 0.0242. The first-order valence-corrected chi connectivity index (χ1v) is 9.17. The van der Waals surface area contributed by atoms with E-state index in [2.05, 4.69) is 19.5 Å². The number of aliphatic hydroxyl groups is 1. The average Bonchev–Trinajstić information content (AvgIpc) is 2.73. The van der Waals surface area contributed by atoms with Crippen molar-refractivity contribution in [3.63, 3.8) is 0 Å². The number of rotatable bonds is 8. The molecule has 0 saturated heterocycles. The second kappa shape index (κ2) is 10.0. The van der Waals surface area contributed by atoms with Crippen LogP contribution in [-0.2, 0) is 14.3 Å². The quantitative estimate of drug-likeness (QED) is 0.0975. The number of ketones is 1. The van der Waals surface area contributed by atoms with E-state index in [0.717, 1.165) is 55.5 Å². The largest absolute Gasteiger partial charge is 0.512 e. The highest BCUT2D eigenvalue weighted by atomic mass is 19.3. The molecule has 2 aromatic rings. The zero-order valence-corrected chi connectivity index (χ0v) is 17.5. The maximum atomic E-state index is 14.0. The van der Waals surface area contributed by atoms with Crippen LogP contribution in [0.15, 0.2) is 59.4 Å². The molecule has 0 amide bonds. The van der Waals surface area contributed by atoms with E-state index < -0.39 is 41.1 Å². The number of halogens is 4. The molecule has 0 bridgehead atoms. The number of ether oxygens (including phenoxy) is 2. The molecule has 0 radical (unpaired) electrons. The smallest absolute Gasteiger partial charge is 0.510 e. The molecule has 2 rings (SSSR count). The predicted octanol–water partition coefficient (Wildman–Crippen LogP) is 5.71. The average molecular weight is 481 g/mol. The predicted molar refractivity (Wildman–Crippen MR) is 108 cm³/mol. The van der Waals surface area contributed by atoms with Gasteiger partial charge in [-0.15, -0.1) is 0 Å². The number of azide groups is 1. The zero-order chi connectivity index (χ0) is 25.7. The van der Waals surface area contributed by atoms with Gasteiger partial charge >= 0.3 is 24.2 Å². The molecule has 0 atom stereocenters. The van der Waals surface area contributed by atoms with Crippen molar-refractivity contribution in [1.29, 1.82) is 0 Å². The Balaban J connectivity index is 2.16. The number of carbonyl (C=O) groups excluding carboxylic acids is 3. The molecule has 0 unspecified atom stereocenters. The fourth-order valence-electron chi connectivity index (χ4n) is 2.63. The molecule has 0 aromatic heterocycles. The van der Waals surface area contributed by atoms with Gasteiger partial charge in [0, 0.05) is 10.6 Å². The Kier molecular flexibility index (Phi) is 7.65. The van der Waals surface area contributed by atoms with Gasteiger partial charge in [-0.05, 0) is 49.2 Å². The molecule has 34 heavy (non-hydrogen) atoms. The number of carbonyl (C=O) groups is 3. The van der Waals surface area contributed by atoms with E-state index in [1.54, 1.807) is 0 Å². The van der Waals surface area contributed by atoms with Crippen molar-refractivity contribution in [2.75, 3.05) is 0 Å². The van der Waals surface area contributed by atoms with Crippen LogP contribution in [0, 0.1) is 0 Å². The summed E-state index contributed by atoms with van der Waals surface area (Å²) in [4.78, 5) is 37.8. The highest BCUT2D eigenvalue weighted by molar-refractivity contribution is 6.20. The van der Waals surface area contributed by atoms with Gasteiger partial charge in [0.05, 0.1) is 16.7 Å². The number of benzene rings is 2. The summed E-state index contributed by atoms with van der Waals surface area (Å²) < 4.78 is 63.0. The lowest BCUT2D eigenvalue weighted by Gasteiger charge is -2.24. The summed E-state index contributed by atoms with van der Waals surface area (Å²) in [5, 5.41) is 12.8. The molecular weight excluding hydrogens is 466 g/mol. The van der Waals surface area contributed by atoms with E-state index in [0.29, 0.717) is 0 Å². The van der Waals surface area contributed by atoms with Crippen molar-refractivity contribution in [2.24, 2.45) is 5.11 Å². The summed E-state index contributed by atoms with van der Waals surface area (Å²) >= 11 is 0. The number of hydrogen-bond acceptors (Lipinski definition) is 7. The summed E-state index contributed by atoms with van der Waals surface area (Å²) in [7, 11) is 0. The number of nitrogens with zero attached hydrogens (tertiary/aromatic N) is 3. The van der Waals surface area contributed by atoms with E-state index in [4.69, 9.17) is 5.53 Å². The number of allylic oxidation sites excluding steroid dienone is 2. The Labute approximate surface area is 188 Å². The molecule has 1 N–H and O–H groups in total. The van der Waals surface area contributed by atoms with E-state index in [9.17, 15) is 37.1 Å². The van der Waals surface area contributed by atoms with Crippen LogP contribution in [0.25, 0.3) is 16.0 Å². The molecule has 0 fully saturated rings. The fraction of sp³-hybridized carbons (Fsp3) is 0.190. The molecule has 0 spiro atoms. The van der Waals surface area contributed by atoms with Crippen LogP contribution in [0.5, 0.6) is 0 Å². The van der Waals surface area contributed by atoms with Crippen LogP contribution in [0.1, 0.15) is 40.1 Å². The highest BCUT2D eigenvalue weighted by Crippen LogP contribution is 2.38. The third-order valence-electron chi connectivity index (χ3n) is 4.17. The summed E-state index contributed by atoms with van der Waals surface area (Å²) in [5.74, 6) is -4.58. The SMILES string of the molecule is CC(=O)/C(=C(/C)O)c1ccc(C(=O)OC(F)(F)C(F)(F)OC(=O)c2ccc(N=[N+]=[N-])cc2)cc1. The Morgan fingerprint density at radius 3 is 1.56 bits per heavy atom. The van der Waals surface area contributed by atoms with Gasteiger partial charge in [-0.3, -0.25) is 4.79 Å². The van der Waals surface area contributed by atoms with Crippen molar-refractivity contribution < 1.29 is 46.5 Å². The van der Waals surface area contributed by atoms with Gasteiger partial charge in [0.15, 0.2) is 5.78 Å². The minimum Gasteiger partial charge on any atom is -0.512 e. The van der Waals surface area contributed by atoms with Crippen LogP contribution in [0.2, 0.25) is 0 Å². The van der Waals surface area contributed by atoms with Gasteiger partial charge < -0.3 is 14.6 Å². The van der Waals surface area contributed by atoms with Gasteiger partial charge in [0.2, 0.25) is 0 Å². The van der Waals surface area contributed by atoms with E-state index in [1.807, 2.05) is 0 Å². The zero-order valence-electron chi connectivity index (χ0n) is 17.5. The number of alkyl halides is 4. The standard InChI is InChI=1S/C21H15F4N3O6/c1-11(29)17(12(2)30)13-3-5-14(6-4-13)18(31)33-20(22,23)21(24,25)34-19(32)15-7-9-16(10-8-15)27-28-26/h3-10,29H,1-2H3/b17-11+. The summed E-state index contributed by atoms with van der Waals surface area (Å²) in [5.41, 5.74) is 7.21. The van der Waals surface area contributed by atoms with Crippen LogP contribution < -0.4 is 0 Å². The molecule has 9 nitrogen and oxygen atoms in total. The summed E-state index contributed by atoms with van der Waals surface area (Å²) in [6, 6.07) is 7.96. The van der Waals surface area contributed by atoms with Gasteiger partial charge in [-0.2, -0.15) is 17.6 Å². The van der Waals surface area contributed by atoms with Gasteiger partial charge in [0.1, 0.15) is 5.76 Å². The van der Waals surface area contributed by atoms with Gasteiger partial charge in [-0.25, -0.2) is 9.59 Å². The molecule has 0 aliphatic rings. The number of hydrogen-bond donors (Lipinski definition) is 1. The normalized spacial score (nSPS) is 12.2. The third kappa shape index (κ3) is 5.90. The molecule has 13 heteroatoms. The Bertz CT molecular complexity index is 1180. The highest BCUT2D eigenvalue weighted by Gasteiger charge is 2.65. The Hall–Kier alpha value is -4.38. The number of esters is 2. The Morgan fingerprint density at radius 2 is 1.21 bits per heavy atom. The van der Waals surface area contributed by atoms with E-state index in [1.165, 1.54) is 6.92 Å². The Morgan fingerprint density at radius 1 is 0.824 bits per heavy atom. The third-order valence-corrected chi connectivity index (χ3v) is 4.17. The monoisotopic (exact) mass is 481 g/mol. The first-order valence-electron chi connectivity index (χ1n) is 9.17.